The summed E-state index contributed by atoms with van der Waals surface area (Å²) in [6.45, 7) is 0.444. The first-order valence-corrected chi connectivity index (χ1v) is 5.76. The van der Waals surface area contributed by atoms with Crippen LogP contribution in [0.3, 0.4) is 0 Å². The highest BCUT2D eigenvalue weighted by Crippen LogP contribution is 2.19. The molecule has 1 aliphatic rings. The minimum Gasteiger partial charge on any atom is -0.409 e. The van der Waals surface area contributed by atoms with Crippen molar-refractivity contribution in [2.75, 3.05) is 12.8 Å². The molecule has 76 valence electrons. The summed E-state index contributed by atoms with van der Waals surface area (Å²) in [6.07, 6.45) is 2.48. The molecule has 0 aromatic rings. The van der Waals surface area contributed by atoms with E-state index in [1.165, 1.54) is 4.31 Å². The quantitative estimate of drug-likeness (QED) is 0.267. The van der Waals surface area contributed by atoms with Crippen molar-refractivity contribution in [3.8, 4) is 0 Å². The van der Waals surface area contributed by atoms with Gasteiger partial charge in [0.05, 0.1) is 12.3 Å². The molecule has 1 atom stereocenters. The van der Waals surface area contributed by atoms with Crippen molar-refractivity contribution in [3.05, 3.63) is 0 Å². The zero-order valence-electron chi connectivity index (χ0n) is 7.34. The van der Waals surface area contributed by atoms with Crippen molar-refractivity contribution in [1.29, 1.82) is 0 Å². The second-order valence-electron chi connectivity index (χ2n) is 3.06. The van der Waals surface area contributed by atoms with Gasteiger partial charge in [-0.3, -0.25) is 0 Å². The Kier molecular flexibility index (Phi) is 2.77. The maximum atomic E-state index is 11.2. The average molecular weight is 207 g/mol. The molecule has 7 heteroatoms. The van der Waals surface area contributed by atoms with E-state index in [0.29, 0.717) is 13.0 Å². The molecule has 0 spiro atoms. The molecule has 1 fully saturated rings. The first-order valence-electron chi connectivity index (χ1n) is 3.91. The van der Waals surface area contributed by atoms with E-state index in [1.807, 2.05) is 0 Å². The second-order valence-corrected chi connectivity index (χ2v) is 4.99. The van der Waals surface area contributed by atoms with Crippen LogP contribution in [0.1, 0.15) is 12.8 Å². The van der Waals surface area contributed by atoms with Crippen molar-refractivity contribution in [2.24, 2.45) is 10.9 Å². The Morgan fingerprint density at radius 2 is 2.31 bits per heavy atom. The fraction of sp³-hybridized carbons (Fsp3) is 0.833. The summed E-state index contributed by atoms with van der Waals surface area (Å²) >= 11 is 0. The fourth-order valence-electron chi connectivity index (χ4n) is 1.50. The van der Waals surface area contributed by atoms with Gasteiger partial charge in [0.25, 0.3) is 0 Å². The van der Waals surface area contributed by atoms with Crippen LogP contribution < -0.4 is 5.73 Å². The second kappa shape index (κ2) is 3.51. The van der Waals surface area contributed by atoms with Gasteiger partial charge in [0.2, 0.25) is 10.0 Å². The highest BCUT2D eigenvalue weighted by atomic mass is 32.2. The minimum atomic E-state index is -3.25. The molecule has 0 amide bonds. The summed E-state index contributed by atoms with van der Waals surface area (Å²) in [5.74, 6) is -0.0390. The summed E-state index contributed by atoms with van der Waals surface area (Å²) in [5.41, 5.74) is 5.36. The Balaban J connectivity index is 2.88. The van der Waals surface area contributed by atoms with E-state index in [-0.39, 0.29) is 5.84 Å². The largest absolute Gasteiger partial charge is 0.409 e. The predicted molar refractivity (Wildman–Crippen MR) is 48.0 cm³/mol. The van der Waals surface area contributed by atoms with Crippen LogP contribution in [-0.2, 0) is 10.0 Å². The monoisotopic (exact) mass is 207 g/mol. The topological polar surface area (TPSA) is 96.0 Å². The standard InChI is InChI=1S/C6H13N3O3S/c1-13(11,12)9-4-2-3-5(9)6(7)8-10/h5,10H,2-4H2,1H3,(H2,7,8). The van der Waals surface area contributed by atoms with Gasteiger partial charge in [-0.2, -0.15) is 4.31 Å². The summed E-state index contributed by atoms with van der Waals surface area (Å²) in [4.78, 5) is 0. The number of sulfonamides is 1. The molecular formula is C6H13N3O3S. The van der Waals surface area contributed by atoms with Gasteiger partial charge in [0, 0.05) is 6.54 Å². The Hall–Kier alpha value is -0.820. The first kappa shape index (κ1) is 10.3. The average Bonchev–Trinajstić information content (AvgIpc) is 2.49. The van der Waals surface area contributed by atoms with Crippen LogP contribution in [0.25, 0.3) is 0 Å². The van der Waals surface area contributed by atoms with Gasteiger partial charge in [0.1, 0.15) is 0 Å². The molecule has 1 rings (SSSR count). The third kappa shape index (κ3) is 2.10. The molecule has 0 aromatic heterocycles. The van der Waals surface area contributed by atoms with E-state index in [9.17, 15) is 8.42 Å². The highest BCUT2D eigenvalue weighted by Gasteiger charge is 2.34. The van der Waals surface area contributed by atoms with Crippen LogP contribution >= 0.6 is 0 Å². The Bertz CT molecular complexity index is 311. The fourth-order valence-corrected chi connectivity index (χ4v) is 2.64. The van der Waals surface area contributed by atoms with Crippen LogP contribution in [0, 0.1) is 0 Å². The molecule has 3 N–H and O–H groups in total. The molecule has 0 aromatic carbocycles. The Morgan fingerprint density at radius 1 is 1.69 bits per heavy atom. The molecule has 1 heterocycles. The molecule has 0 saturated carbocycles. The van der Waals surface area contributed by atoms with Crippen molar-refractivity contribution >= 4 is 15.9 Å². The van der Waals surface area contributed by atoms with Gasteiger partial charge >= 0.3 is 0 Å². The lowest BCUT2D eigenvalue weighted by atomic mass is 10.2. The SMILES string of the molecule is CS(=O)(=O)N1CCCC1C(N)=NO. The highest BCUT2D eigenvalue weighted by molar-refractivity contribution is 7.88. The van der Waals surface area contributed by atoms with E-state index in [4.69, 9.17) is 10.9 Å². The van der Waals surface area contributed by atoms with Gasteiger partial charge < -0.3 is 10.9 Å². The van der Waals surface area contributed by atoms with E-state index in [2.05, 4.69) is 5.16 Å². The molecule has 0 radical (unpaired) electrons. The van der Waals surface area contributed by atoms with E-state index in [0.717, 1.165) is 12.7 Å². The molecule has 0 bridgehead atoms. The van der Waals surface area contributed by atoms with Crippen LogP contribution in [0.5, 0.6) is 0 Å². The first-order chi connectivity index (χ1) is 5.96. The molecule has 6 nitrogen and oxygen atoms in total. The van der Waals surface area contributed by atoms with Crippen molar-refractivity contribution < 1.29 is 13.6 Å². The third-order valence-corrected chi connectivity index (χ3v) is 3.38. The van der Waals surface area contributed by atoms with Crippen LogP contribution in [-0.4, -0.2) is 42.6 Å². The lowest BCUT2D eigenvalue weighted by molar-refractivity contribution is 0.311. The van der Waals surface area contributed by atoms with Crippen LogP contribution in [0.15, 0.2) is 5.16 Å². The molecule has 1 saturated heterocycles. The van der Waals surface area contributed by atoms with Crippen molar-refractivity contribution in [1.82, 2.24) is 4.31 Å². The van der Waals surface area contributed by atoms with Crippen LogP contribution in [0.2, 0.25) is 0 Å². The van der Waals surface area contributed by atoms with Crippen LogP contribution in [0.4, 0.5) is 0 Å². The number of hydrogen-bond acceptors (Lipinski definition) is 4. The van der Waals surface area contributed by atoms with E-state index < -0.39 is 16.1 Å². The summed E-state index contributed by atoms with van der Waals surface area (Å²) < 4.78 is 23.6. The van der Waals surface area contributed by atoms with Gasteiger partial charge in [-0.05, 0) is 12.8 Å². The number of nitrogens with two attached hydrogens (primary N) is 1. The number of oxime groups is 1. The third-order valence-electron chi connectivity index (χ3n) is 2.09. The lowest BCUT2D eigenvalue weighted by Gasteiger charge is -2.20. The lowest BCUT2D eigenvalue weighted by Crippen LogP contribution is -2.43. The summed E-state index contributed by atoms with van der Waals surface area (Å²) in [7, 11) is -3.25. The Morgan fingerprint density at radius 3 is 2.77 bits per heavy atom. The van der Waals surface area contributed by atoms with Gasteiger partial charge in [-0.15, -0.1) is 0 Å². The van der Waals surface area contributed by atoms with E-state index >= 15 is 0 Å². The molecular weight excluding hydrogens is 194 g/mol. The van der Waals surface area contributed by atoms with Gasteiger partial charge in [0.15, 0.2) is 5.84 Å². The zero-order chi connectivity index (χ0) is 10.1. The Labute approximate surface area is 77.1 Å². The molecule has 1 aliphatic heterocycles. The van der Waals surface area contributed by atoms with Crippen molar-refractivity contribution in [2.45, 2.75) is 18.9 Å². The number of rotatable bonds is 2. The van der Waals surface area contributed by atoms with Gasteiger partial charge in [-0.1, -0.05) is 5.16 Å². The zero-order valence-corrected chi connectivity index (χ0v) is 8.16. The van der Waals surface area contributed by atoms with E-state index in [1.54, 1.807) is 0 Å². The minimum absolute atomic E-state index is 0.0390. The number of hydrogen-bond donors (Lipinski definition) is 2. The maximum Gasteiger partial charge on any atom is 0.211 e. The predicted octanol–water partition coefficient (Wildman–Crippen LogP) is -0.843. The summed E-state index contributed by atoms with van der Waals surface area (Å²) in [6, 6.07) is -0.472. The normalized spacial score (nSPS) is 26.5. The van der Waals surface area contributed by atoms with Crippen molar-refractivity contribution in [3.63, 3.8) is 0 Å². The molecule has 1 unspecified atom stereocenters. The van der Waals surface area contributed by atoms with Gasteiger partial charge in [-0.25, -0.2) is 8.42 Å². The molecule has 0 aliphatic carbocycles. The molecule has 13 heavy (non-hydrogen) atoms. The summed E-state index contributed by atoms with van der Waals surface area (Å²) in [5, 5.41) is 11.2. The maximum absolute atomic E-state index is 11.2. The smallest absolute Gasteiger partial charge is 0.211 e. The number of amidine groups is 1. The number of nitrogens with zero attached hydrogens (tertiary/aromatic N) is 2.